The van der Waals surface area contributed by atoms with E-state index in [9.17, 15) is 13.2 Å². The second kappa shape index (κ2) is 7.27. The molecule has 0 aromatic heterocycles. The molecule has 0 radical (unpaired) electrons. The lowest BCUT2D eigenvalue weighted by atomic mass is 10.1. The van der Waals surface area contributed by atoms with E-state index in [0.29, 0.717) is 10.0 Å². The van der Waals surface area contributed by atoms with Crippen LogP contribution >= 0.6 is 15.9 Å². The monoisotopic (exact) mass is 423 g/mol. The lowest BCUT2D eigenvalue weighted by Gasteiger charge is -2.15. The molecule has 0 aliphatic heterocycles. The first-order valence-corrected chi connectivity index (χ1v) is 10.3. The third kappa shape index (κ3) is 3.78. The quantitative estimate of drug-likeness (QED) is 0.745. The first-order chi connectivity index (χ1) is 11.9. The fourth-order valence-corrected chi connectivity index (χ4v) is 5.32. The molecule has 1 aliphatic rings. The van der Waals surface area contributed by atoms with E-state index in [0.717, 1.165) is 18.4 Å². The SMILES string of the molecule is CCOC(=O)c1ccc(S(=O)(=O)NC2CCc3ccccc32)c(Br)c1. The van der Waals surface area contributed by atoms with E-state index in [1.54, 1.807) is 6.92 Å². The number of sulfonamides is 1. The van der Waals surface area contributed by atoms with E-state index in [1.807, 2.05) is 24.3 Å². The van der Waals surface area contributed by atoms with Crippen LogP contribution in [-0.4, -0.2) is 21.0 Å². The number of carbonyl (C=O) groups excluding carboxylic acids is 1. The highest BCUT2D eigenvalue weighted by Gasteiger charge is 2.28. The van der Waals surface area contributed by atoms with Gasteiger partial charge in [0.1, 0.15) is 0 Å². The number of aryl methyl sites for hydroxylation is 1. The second-order valence-corrected chi connectivity index (χ2v) is 8.31. The van der Waals surface area contributed by atoms with Gasteiger partial charge in [0.25, 0.3) is 0 Å². The van der Waals surface area contributed by atoms with E-state index in [2.05, 4.69) is 20.7 Å². The van der Waals surface area contributed by atoms with E-state index in [1.165, 1.54) is 23.8 Å². The van der Waals surface area contributed by atoms with Crippen LogP contribution in [-0.2, 0) is 21.2 Å². The molecular formula is C18H18BrNO4S. The zero-order valence-corrected chi connectivity index (χ0v) is 16.1. The molecule has 0 spiro atoms. The van der Waals surface area contributed by atoms with Crippen molar-refractivity contribution in [2.75, 3.05) is 6.61 Å². The molecule has 0 bridgehead atoms. The third-order valence-corrected chi connectivity index (χ3v) is 6.61. The summed E-state index contributed by atoms with van der Waals surface area (Å²) in [7, 11) is -3.72. The van der Waals surface area contributed by atoms with Crippen LogP contribution in [0.4, 0.5) is 0 Å². The molecule has 1 unspecified atom stereocenters. The lowest BCUT2D eigenvalue weighted by Crippen LogP contribution is -2.27. The molecule has 1 aliphatic carbocycles. The van der Waals surface area contributed by atoms with Crippen molar-refractivity contribution in [1.82, 2.24) is 4.72 Å². The Bertz CT molecular complexity index is 911. The van der Waals surface area contributed by atoms with Gasteiger partial charge in [-0.05, 0) is 65.0 Å². The molecule has 2 aromatic rings. The maximum absolute atomic E-state index is 12.8. The summed E-state index contributed by atoms with van der Waals surface area (Å²) in [5.41, 5.74) is 2.50. The van der Waals surface area contributed by atoms with Crippen molar-refractivity contribution in [1.29, 1.82) is 0 Å². The van der Waals surface area contributed by atoms with Crippen LogP contribution in [0.25, 0.3) is 0 Å². The van der Waals surface area contributed by atoms with Crippen LogP contribution in [0.2, 0.25) is 0 Å². The summed E-state index contributed by atoms with van der Waals surface area (Å²) in [6.07, 6.45) is 1.59. The Labute approximate surface area is 155 Å². The van der Waals surface area contributed by atoms with Crippen molar-refractivity contribution in [3.05, 3.63) is 63.6 Å². The van der Waals surface area contributed by atoms with E-state index < -0.39 is 16.0 Å². The number of benzene rings is 2. The normalized spacial score (nSPS) is 16.5. The van der Waals surface area contributed by atoms with Gasteiger partial charge in [-0.15, -0.1) is 0 Å². The van der Waals surface area contributed by atoms with Crippen molar-refractivity contribution in [2.45, 2.75) is 30.7 Å². The van der Waals surface area contributed by atoms with Crippen molar-refractivity contribution in [3.63, 3.8) is 0 Å². The lowest BCUT2D eigenvalue weighted by molar-refractivity contribution is 0.0526. The minimum atomic E-state index is -3.72. The van der Waals surface area contributed by atoms with Gasteiger partial charge in [0.05, 0.1) is 17.1 Å². The van der Waals surface area contributed by atoms with Gasteiger partial charge in [-0.1, -0.05) is 24.3 Å². The largest absolute Gasteiger partial charge is 0.462 e. The number of rotatable bonds is 5. The molecule has 2 aromatic carbocycles. The molecule has 3 rings (SSSR count). The van der Waals surface area contributed by atoms with E-state index in [4.69, 9.17) is 4.74 Å². The highest BCUT2D eigenvalue weighted by atomic mass is 79.9. The van der Waals surface area contributed by atoms with Gasteiger partial charge in [-0.2, -0.15) is 0 Å². The van der Waals surface area contributed by atoms with Crippen molar-refractivity contribution < 1.29 is 17.9 Å². The maximum atomic E-state index is 12.8. The summed E-state index contributed by atoms with van der Waals surface area (Å²) in [5, 5.41) is 0. The second-order valence-electron chi connectivity index (χ2n) is 5.78. The minimum absolute atomic E-state index is 0.102. The van der Waals surface area contributed by atoms with Crippen molar-refractivity contribution >= 4 is 31.9 Å². The first-order valence-electron chi connectivity index (χ1n) is 7.99. The molecule has 1 N–H and O–H groups in total. The van der Waals surface area contributed by atoms with Gasteiger partial charge in [0.2, 0.25) is 10.0 Å². The first kappa shape index (κ1) is 18.1. The Morgan fingerprint density at radius 2 is 2.04 bits per heavy atom. The minimum Gasteiger partial charge on any atom is -0.462 e. The molecule has 5 nitrogen and oxygen atoms in total. The summed E-state index contributed by atoms with van der Waals surface area (Å²) in [6.45, 7) is 1.98. The molecule has 0 saturated heterocycles. The number of hydrogen-bond donors (Lipinski definition) is 1. The molecule has 1 atom stereocenters. The van der Waals surface area contributed by atoms with Gasteiger partial charge in [0.15, 0.2) is 0 Å². The molecule has 132 valence electrons. The number of esters is 1. The highest BCUT2D eigenvalue weighted by Crippen LogP contribution is 2.33. The predicted molar refractivity (Wildman–Crippen MR) is 97.9 cm³/mol. The summed E-state index contributed by atoms with van der Waals surface area (Å²) < 4.78 is 33.6. The van der Waals surface area contributed by atoms with Gasteiger partial charge in [-0.3, -0.25) is 0 Å². The Balaban J connectivity index is 1.85. The van der Waals surface area contributed by atoms with Gasteiger partial charge >= 0.3 is 5.97 Å². The summed E-state index contributed by atoms with van der Waals surface area (Å²) >= 11 is 3.26. The molecule has 7 heteroatoms. The van der Waals surface area contributed by atoms with Crippen LogP contribution in [0.5, 0.6) is 0 Å². The van der Waals surface area contributed by atoms with Gasteiger partial charge in [0, 0.05) is 10.5 Å². The summed E-state index contributed by atoms with van der Waals surface area (Å²) in [6, 6.07) is 11.9. The molecule has 0 fully saturated rings. The van der Waals surface area contributed by atoms with Crippen molar-refractivity contribution in [3.8, 4) is 0 Å². The number of halogens is 1. The number of nitrogens with one attached hydrogen (secondary N) is 1. The molecule has 0 amide bonds. The van der Waals surface area contributed by atoms with Crippen LogP contribution in [0.1, 0.15) is 40.9 Å². The summed E-state index contributed by atoms with van der Waals surface area (Å²) in [4.78, 5) is 11.9. The van der Waals surface area contributed by atoms with Gasteiger partial charge < -0.3 is 4.74 Å². The van der Waals surface area contributed by atoms with Crippen LogP contribution in [0.15, 0.2) is 51.8 Å². The van der Waals surface area contributed by atoms with Gasteiger partial charge in [-0.25, -0.2) is 17.9 Å². The average Bonchev–Trinajstić information content (AvgIpc) is 2.97. The molecule has 0 heterocycles. The maximum Gasteiger partial charge on any atom is 0.338 e. The van der Waals surface area contributed by atoms with Crippen molar-refractivity contribution in [2.24, 2.45) is 0 Å². The summed E-state index contributed by atoms with van der Waals surface area (Å²) in [5.74, 6) is -0.482. The Morgan fingerprint density at radius 1 is 1.28 bits per heavy atom. The van der Waals surface area contributed by atoms with Crippen LogP contribution < -0.4 is 4.72 Å². The number of ether oxygens (including phenoxy) is 1. The zero-order chi connectivity index (χ0) is 18.0. The molecule has 25 heavy (non-hydrogen) atoms. The topological polar surface area (TPSA) is 72.5 Å². The highest BCUT2D eigenvalue weighted by molar-refractivity contribution is 9.10. The van der Waals surface area contributed by atoms with Crippen LogP contribution in [0, 0.1) is 0 Å². The Hall–Kier alpha value is -1.70. The van der Waals surface area contributed by atoms with E-state index in [-0.39, 0.29) is 17.5 Å². The molecule has 0 saturated carbocycles. The fourth-order valence-electron chi connectivity index (χ4n) is 2.99. The predicted octanol–water partition coefficient (Wildman–Crippen LogP) is 3.59. The smallest absolute Gasteiger partial charge is 0.338 e. The zero-order valence-electron chi connectivity index (χ0n) is 13.7. The third-order valence-electron chi connectivity index (χ3n) is 4.16. The number of carbonyl (C=O) groups is 1. The number of fused-ring (bicyclic) bond motifs is 1. The fraction of sp³-hybridized carbons (Fsp3) is 0.278. The van der Waals surface area contributed by atoms with Crippen LogP contribution in [0.3, 0.4) is 0 Å². The van der Waals surface area contributed by atoms with E-state index >= 15 is 0 Å². The number of hydrogen-bond acceptors (Lipinski definition) is 4. The Kier molecular flexibility index (Phi) is 5.27. The standard InChI is InChI=1S/C18H18BrNO4S/c1-2-24-18(21)13-8-10-17(15(19)11-13)25(22,23)20-16-9-7-12-5-3-4-6-14(12)16/h3-6,8,10-11,16,20H,2,7,9H2,1H3. The Morgan fingerprint density at radius 3 is 2.76 bits per heavy atom. The molecular weight excluding hydrogens is 406 g/mol. The average molecular weight is 424 g/mol.